The van der Waals surface area contributed by atoms with Gasteiger partial charge in [-0.1, -0.05) is 37.3 Å². The predicted molar refractivity (Wildman–Crippen MR) is 89.2 cm³/mol. The molecule has 0 unspecified atom stereocenters. The Morgan fingerprint density at radius 3 is 2.27 bits per heavy atom. The second-order valence-electron chi connectivity index (χ2n) is 5.11. The van der Waals surface area contributed by atoms with Crippen molar-refractivity contribution in [2.45, 2.75) is 38.9 Å². The third-order valence-corrected chi connectivity index (χ3v) is 6.07. The van der Waals surface area contributed by atoms with Crippen LogP contribution < -0.4 is 5.32 Å². The number of hydrogen-bond donors (Lipinski definition) is 2. The van der Waals surface area contributed by atoms with Gasteiger partial charge in [-0.3, -0.25) is 4.57 Å². The highest BCUT2D eigenvalue weighted by molar-refractivity contribution is 7.54. The van der Waals surface area contributed by atoms with Crippen molar-refractivity contribution in [1.29, 1.82) is 0 Å². The van der Waals surface area contributed by atoms with Gasteiger partial charge in [0, 0.05) is 0 Å². The molecule has 0 aliphatic carbocycles. The van der Waals surface area contributed by atoms with Gasteiger partial charge in [0.25, 0.3) is 0 Å². The van der Waals surface area contributed by atoms with Crippen LogP contribution in [0.5, 0.6) is 0 Å². The molecule has 5 nitrogen and oxygen atoms in total. The van der Waals surface area contributed by atoms with E-state index in [4.69, 9.17) is 9.05 Å². The van der Waals surface area contributed by atoms with E-state index in [9.17, 15) is 9.67 Å². The van der Waals surface area contributed by atoms with Gasteiger partial charge >= 0.3 is 7.60 Å². The van der Waals surface area contributed by atoms with Crippen LogP contribution in [-0.2, 0) is 13.6 Å². The van der Waals surface area contributed by atoms with Gasteiger partial charge in [0.2, 0.25) is 0 Å². The lowest BCUT2D eigenvalue weighted by Crippen LogP contribution is -2.27. The molecule has 0 fully saturated rings. The first-order chi connectivity index (χ1) is 10.6. The molecule has 0 saturated carbocycles. The Labute approximate surface area is 133 Å². The second kappa shape index (κ2) is 10.1. The minimum Gasteiger partial charge on any atom is -0.394 e. The number of aliphatic hydroxyl groups is 1. The summed E-state index contributed by atoms with van der Waals surface area (Å²) < 4.78 is 23.3. The minimum atomic E-state index is -3.05. The normalized spacial score (nSPS) is 14.7. The molecular weight excluding hydrogens is 301 g/mol. The molecule has 0 bridgehead atoms. The third-order valence-electron chi connectivity index (χ3n) is 3.50. The van der Waals surface area contributed by atoms with Crippen LogP contribution in [0.1, 0.15) is 38.8 Å². The highest BCUT2D eigenvalue weighted by Gasteiger charge is 2.31. The average Bonchev–Trinajstić information content (AvgIpc) is 2.52. The van der Waals surface area contributed by atoms with Crippen LogP contribution in [0.25, 0.3) is 0 Å². The first kappa shape index (κ1) is 19.3. The number of hydrogen-bond acceptors (Lipinski definition) is 5. The Morgan fingerprint density at radius 2 is 1.77 bits per heavy atom. The maximum atomic E-state index is 12.6. The summed E-state index contributed by atoms with van der Waals surface area (Å²) >= 11 is 0. The molecule has 0 aliphatic rings. The summed E-state index contributed by atoms with van der Waals surface area (Å²) in [6.07, 6.45) is 0.653. The largest absolute Gasteiger partial charge is 0.394 e. The van der Waals surface area contributed by atoms with E-state index in [-0.39, 0.29) is 18.3 Å². The van der Waals surface area contributed by atoms with E-state index in [1.165, 1.54) is 0 Å². The number of rotatable bonds is 11. The van der Waals surface area contributed by atoms with Gasteiger partial charge in [-0.2, -0.15) is 0 Å². The van der Waals surface area contributed by atoms with E-state index >= 15 is 0 Å². The molecule has 1 aromatic carbocycles. The molecule has 2 atom stereocenters. The van der Waals surface area contributed by atoms with Crippen molar-refractivity contribution in [2.24, 2.45) is 0 Å². The van der Waals surface area contributed by atoms with Gasteiger partial charge in [-0.15, -0.1) is 0 Å². The molecule has 0 saturated heterocycles. The van der Waals surface area contributed by atoms with Gasteiger partial charge in [-0.05, 0) is 32.4 Å². The van der Waals surface area contributed by atoms with Crippen LogP contribution in [0.2, 0.25) is 0 Å². The number of benzene rings is 1. The molecule has 1 rings (SSSR count). The van der Waals surface area contributed by atoms with Crippen molar-refractivity contribution in [2.75, 3.05) is 26.4 Å². The zero-order valence-corrected chi connectivity index (χ0v) is 14.6. The highest BCUT2D eigenvalue weighted by Crippen LogP contribution is 2.53. The van der Waals surface area contributed by atoms with Crippen molar-refractivity contribution >= 4 is 7.60 Å². The zero-order chi connectivity index (χ0) is 16.4. The molecule has 126 valence electrons. The topological polar surface area (TPSA) is 67.8 Å². The second-order valence-corrected chi connectivity index (χ2v) is 7.59. The fraction of sp³-hybridized carbons (Fsp3) is 0.625. The maximum Gasteiger partial charge on any atom is 0.333 e. The molecule has 0 aromatic heterocycles. The van der Waals surface area contributed by atoms with E-state index in [1.54, 1.807) is 0 Å². The standard InChI is InChI=1S/C16H28NO4P/c1-4-20-22(19,21-5-2)14(3)11-12-17-16(13-18)15-9-7-6-8-10-15/h6-10,14,16-18H,4-5,11-13H2,1-3H3/t14-,16+/m1/s1. The van der Waals surface area contributed by atoms with Crippen molar-refractivity contribution < 1.29 is 18.7 Å². The molecule has 0 aliphatic heterocycles. The van der Waals surface area contributed by atoms with Crippen LogP contribution in [-0.4, -0.2) is 37.1 Å². The Kier molecular flexibility index (Phi) is 8.91. The fourth-order valence-electron chi connectivity index (χ4n) is 2.25. The predicted octanol–water partition coefficient (Wildman–Crippen LogP) is 3.35. The van der Waals surface area contributed by atoms with Crippen LogP contribution in [0.4, 0.5) is 0 Å². The number of aliphatic hydroxyl groups excluding tert-OH is 1. The summed E-state index contributed by atoms with van der Waals surface area (Å²) in [5.41, 5.74) is 0.852. The first-order valence-corrected chi connectivity index (χ1v) is 9.46. The summed E-state index contributed by atoms with van der Waals surface area (Å²) in [7, 11) is -3.05. The molecule has 0 spiro atoms. The van der Waals surface area contributed by atoms with Crippen molar-refractivity contribution in [3.8, 4) is 0 Å². The Balaban J connectivity index is 2.52. The van der Waals surface area contributed by atoms with Gasteiger partial charge < -0.3 is 19.5 Å². The first-order valence-electron chi connectivity index (χ1n) is 7.85. The van der Waals surface area contributed by atoms with E-state index < -0.39 is 7.60 Å². The van der Waals surface area contributed by atoms with Crippen molar-refractivity contribution in [3.63, 3.8) is 0 Å². The highest BCUT2D eigenvalue weighted by atomic mass is 31.2. The summed E-state index contributed by atoms with van der Waals surface area (Å²) in [6.45, 7) is 6.90. The van der Waals surface area contributed by atoms with Gasteiger partial charge in [0.05, 0.1) is 31.5 Å². The minimum absolute atomic E-state index is 0.0208. The van der Waals surface area contributed by atoms with E-state index in [0.717, 1.165) is 5.56 Å². The third kappa shape index (κ3) is 5.82. The number of nitrogens with one attached hydrogen (secondary N) is 1. The summed E-state index contributed by atoms with van der Waals surface area (Å²) in [4.78, 5) is 0. The van der Waals surface area contributed by atoms with Gasteiger partial charge in [0.15, 0.2) is 0 Å². The smallest absolute Gasteiger partial charge is 0.333 e. The van der Waals surface area contributed by atoms with E-state index in [0.29, 0.717) is 26.2 Å². The SMILES string of the molecule is CCOP(=O)(OCC)[C@H](C)CCN[C@@H](CO)c1ccccc1. The molecule has 22 heavy (non-hydrogen) atoms. The maximum absolute atomic E-state index is 12.6. The molecule has 0 amide bonds. The molecule has 0 heterocycles. The van der Waals surface area contributed by atoms with Crippen molar-refractivity contribution in [3.05, 3.63) is 35.9 Å². The quantitative estimate of drug-likeness (QED) is 0.609. The average molecular weight is 329 g/mol. The monoisotopic (exact) mass is 329 g/mol. The van der Waals surface area contributed by atoms with E-state index in [2.05, 4.69) is 5.32 Å². The summed E-state index contributed by atoms with van der Waals surface area (Å²) in [6, 6.07) is 9.67. The Morgan fingerprint density at radius 1 is 1.18 bits per heavy atom. The van der Waals surface area contributed by atoms with Crippen molar-refractivity contribution in [1.82, 2.24) is 5.32 Å². The molecular formula is C16H28NO4P. The Hall–Kier alpha value is -0.710. The van der Waals surface area contributed by atoms with Gasteiger partial charge in [-0.25, -0.2) is 0 Å². The molecule has 0 radical (unpaired) electrons. The lowest BCUT2D eigenvalue weighted by Gasteiger charge is -2.24. The lowest BCUT2D eigenvalue weighted by molar-refractivity contribution is 0.210. The Bertz CT molecular complexity index is 445. The molecule has 1 aromatic rings. The van der Waals surface area contributed by atoms with Crippen LogP contribution in [0.3, 0.4) is 0 Å². The summed E-state index contributed by atoms with van der Waals surface area (Å²) in [5.74, 6) is 0. The van der Waals surface area contributed by atoms with Crippen LogP contribution in [0, 0.1) is 0 Å². The molecule has 6 heteroatoms. The zero-order valence-electron chi connectivity index (χ0n) is 13.7. The summed E-state index contributed by atoms with van der Waals surface area (Å²) in [5, 5.41) is 12.8. The molecule has 2 N–H and O–H groups in total. The van der Waals surface area contributed by atoms with Gasteiger partial charge in [0.1, 0.15) is 0 Å². The fourth-order valence-corrected chi connectivity index (χ4v) is 4.00. The van der Waals surface area contributed by atoms with Crippen LogP contribution >= 0.6 is 7.60 Å². The van der Waals surface area contributed by atoms with Crippen LogP contribution in [0.15, 0.2) is 30.3 Å². The van der Waals surface area contributed by atoms with E-state index in [1.807, 2.05) is 51.1 Å². The lowest BCUT2D eigenvalue weighted by atomic mass is 10.1.